The van der Waals surface area contributed by atoms with Crippen LogP contribution in [0.3, 0.4) is 0 Å². The lowest BCUT2D eigenvalue weighted by molar-refractivity contribution is -0.115. The molecule has 0 fully saturated rings. The number of nitrogens with zero attached hydrogens (tertiary/aromatic N) is 1. The summed E-state index contributed by atoms with van der Waals surface area (Å²) in [6.45, 7) is 1.91. The quantitative estimate of drug-likeness (QED) is 0.702. The SMILES string of the molecule is Cc1cc(Br)ccc1NC(=O)Cc1cc(-c2ccccc2F)on1. The monoisotopic (exact) mass is 388 g/mol. The molecule has 3 aromatic rings. The first-order chi connectivity index (χ1) is 11.5. The summed E-state index contributed by atoms with van der Waals surface area (Å²) in [4.78, 5) is 12.2. The van der Waals surface area contributed by atoms with Gasteiger partial charge in [-0.05, 0) is 42.8 Å². The van der Waals surface area contributed by atoms with Gasteiger partial charge < -0.3 is 9.84 Å². The van der Waals surface area contributed by atoms with Crippen molar-refractivity contribution in [2.45, 2.75) is 13.3 Å². The molecule has 0 saturated carbocycles. The lowest BCUT2D eigenvalue weighted by Gasteiger charge is -2.07. The van der Waals surface area contributed by atoms with Gasteiger partial charge in [-0.25, -0.2) is 4.39 Å². The molecule has 0 atom stereocenters. The molecule has 0 bridgehead atoms. The van der Waals surface area contributed by atoms with Crippen LogP contribution in [0, 0.1) is 12.7 Å². The maximum atomic E-state index is 13.7. The van der Waals surface area contributed by atoms with Crippen molar-refractivity contribution in [3.8, 4) is 11.3 Å². The van der Waals surface area contributed by atoms with E-state index in [0.717, 1.165) is 15.7 Å². The van der Waals surface area contributed by atoms with Gasteiger partial charge in [0.15, 0.2) is 5.76 Å². The lowest BCUT2D eigenvalue weighted by atomic mass is 10.1. The molecule has 0 saturated heterocycles. The van der Waals surface area contributed by atoms with E-state index in [1.807, 2.05) is 25.1 Å². The predicted octanol–water partition coefficient (Wildman–Crippen LogP) is 4.73. The Bertz CT molecular complexity index is 892. The lowest BCUT2D eigenvalue weighted by Crippen LogP contribution is -2.15. The van der Waals surface area contributed by atoms with Crippen LogP contribution in [0.2, 0.25) is 0 Å². The van der Waals surface area contributed by atoms with Crippen molar-refractivity contribution in [3.63, 3.8) is 0 Å². The number of carbonyl (C=O) groups excluding carboxylic acids is 1. The fraction of sp³-hybridized carbons (Fsp3) is 0.111. The smallest absolute Gasteiger partial charge is 0.230 e. The second-order valence-electron chi connectivity index (χ2n) is 5.35. The molecule has 0 radical (unpaired) electrons. The molecular weight excluding hydrogens is 375 g/mol. The summed E-state index contributed by atoms with van der Waals surface area (Å²) in [6, 6.07) is 13.4. The minimum Gasteiger partial charge on any atom is -0.356 e. The Morgan fingerprint density at radius 3 is 2.79 bits per heavy atom. The fourth-order valence-electron chi connectivity index (χ4n) is 2.31. The van der Waals surface area contributed by atoms with Crippen LogP contribution in [0.5, 0.6) is 0 Å². The van der Waals surface area contributed by atoms with Gasteiger partial charge in [0, 0.05) is 16.2 Å². The van der Waals surface area contributed by atoms with Crippen molar-refractivity contribution < 1.29 is 13.7 Å². The molecule has 0 aliphatic rings. The topological polar surface area (TPSA) is 55.1 Å². The van der Waals surface area contributed by atoms with Crippen molar-refractivity contribution in [2.24, 2.45) is 0 Å². The highest BCUT2D eigenvalue weighted by molar-refractivity contribution is 9.10. The molecule has 1 aromatic heterocycles. The molecule has 0 spiro atoms. The van der Waals surface area contributed by atoms with E-state index in [1.165, 1.54) is 6.07 Å². The van der Waals surface area contributed by atoms with Gasteiger partial charge in [-0.2, -0.15) is 0 Å². The van der Waals surface area contributed by atoms with Gasteiger partial charge in [-0.1, -0.05) is 33.2 Å². The first-order valence-corrected chi connectivity index (χ1v) is 8.09. The second kappa shape index (κ2) is 6.97. The van der Waals surface area contributed by atoms with Crippen LogP contribution in [-0.2, 0) is 11.2 Å². The second-order valence-corrected chi connectivity index (χ2v) is 6.26. The number of hydrogen-bond acceptors (Lipinski definition) is 3. The summed E-state index contributed by atoms with van der Waals surface area (Å²) >= 11 is 3.38. The van der Waals surface area contributed by atoms with Gasteiger partial charge in [0.2, 0.25) is 5.91 Å². The number of halogens is 2. The van der Waals surface area contributed by atoms with Crippen LogP contribution >= 0.6 is 15.9 Å². The Kier molecular flexibility index (Phi) is 4.76. The van der Waals surface area contributed by atoms with Gasteiger partial charge in [0.05, 0.1) is 17.7 Å². The summed E-state index contributed by atoms with van der Waals surface area (Å²) in [5.74, 6) is -0.306. The molecule has 1 N–H and O–H groups in total. The van der Waals surface area contributed by atoms with E-state index in [1.54, 1.807) is 24.3 Å². The summed E-state index contributed by atoms with van der Waals surface area (Å²) in [7, 11) is 0. The molecule has 0 unspecified atom stereocenters. The molecule has 122 valence electrons. The Morgan fingerprint density at radius 2 is 2.04 bits per heavy atom. The number of anilines is 1. The normalized spacial score (nSPS) is 10.6. The average molecular weight is 389 g/mol. The standard InChI is InChI=1S/C18H14BrFN2O2/c1-11-8-12(19)6-7-16(11)21-18(23)10-13-9-17(24-22-13)14-4-2-3-5-15(14)20/h2-9H,10H2,1H3,(H,21,23). The molecular formula is C18H14BrFN2O2. The number of nitrogens with one attached hydrogen (secondary N) is 1. The van der Waals surface area contributed by atoms with E-state index < -0.39 is 5.82 Å². The van der Waals surface area contributed by atoms with E-state index in [-0.39, 0.29) is 12.3 Å². The van der Waals surface area contributed by atoms with Crippen LogP contribution in [0.15, 0.2) is 57.5 Å². The minimum absolute atomic E-state index is 0.0491. The molecule has 24 heavy (non-hydrogen) atoms. The average Bonchev–Trinajstić information content (AvgIpc) is 2.99. The molecule has 0 aliphatic heterocycles. The highest BCUT2D eigenvalue weighted by atomic mass is 79.9. The van der Waals surface area contributed by atoms with E-state index in [0.29, 0.717) is 17.0 Å². The van der Waals surface area contributed by atoms with Crippen LogP contribution < -0.4 is 5.32 Å². The van der Waals surface area contributed by atoms with Gasteiger partial charge in [-0.15, -0.1) is 0 Å². The van der Waals surface area contributed by atoms with Gasteiger partial charge in [0.25, 0.3) is 0 Å². The summed E-state index contributed by atoms with van der Waals surface area (Å²) in [6.07, 6.45) is 0.0491. The van der Waals surface area contributed by atoms with E-state index in [4.69, 9.17) is 4.52 Å². The van der Waals surface area contributed by atoms with Crippen LogP contribution in [0.1, 0.15) is 11.3 Å². The molecule has 0 aliphatic carbocycles. The zero-order chi connectivity index (χ0) is 17.1. The number of hydrogen-bond donors (Lipinski definition) is 1. The van der Waals surface area contributed by atoms with Gasteiger partial charge in [-0.3, -0.25) is 4.79 Å². The predicted molar refractivity (Wildman–Crippen MR) is 93.1 cm³/mol. The number of benzene rings is 2. The summed E-state index contributed by atoms with van der Waals surface area (Å²) in [5.41, 5.74) is 2.45. The third kappa shape index (κ3) is 3.71. The molecule has 3 rings (SSSR count). The number of rotatable bonds is 4. The van der Waals surface area contributed by atoms with Gasteiger partial charge >= 0.3 is 0 Å². The summed E-state index contributed by atoms with van der Waals surface area (Å²) in [5, 5.41) is 6.67. The summed E-state index contributed by atoms with van der Waals surface area (Å²) < 4.78 is 19.8. The Labute approximate surface area is 146 Å². The van der Waals surface area contributed by atoms with E-state index in [9.17, 15) is 9.18 Å². The van der Waals surface area contributed by atoms with Crippen molar-refractivity contribution in [2.75, 3.05) is 5.32 Å². The molecule has 1 amide bonds. The van der Waals surface area contributed by atoms with Crippen molar-refractivity contribution in [1.82, 2.24) is 5.16 Å². The zero-order valence-electron chi connectivity index (χ0n) is 12.8. The van der Waals surface area contributed by atoms with E-state index in [2.05, 4.69) is 26.4 Å². The van der Waals surface area contributed by atoms with E-state index >= 15 is 0 Å². The number of aryl methyl sites for hydroxylation is 1. The Balaban J connectivity index is 1.70. The van der Waals surface area contributed by atoms with Crippen LogP contribution in [0.25, 0.3) is 11.3 Å². The number of aromatic nitrogens is 1. The maximum Gasteiger partial charge on any atom is 0.230 e. The van der Waals surface area contributed by atoms with Gasteiger partial charge in [0.1, 0.15) is 5.82 Å². The molecule has 2 aromatic carbocycles. The first kappa shape index (κ1) is 16.4. The van der Waals surface area contributed by atoms with Crippen LogP contribution in [0.4, 0.5) is 10.1 Å². The van der Waals surface area contributed by atoms with Crippen LogP contribution in [-0.4, -0.2) is 11.1 Å². The number of amides is 1. The Hall–Kier alpha value is -2.47. The third-order valence-electron chi connectivity index (χ3n) is 3.50. The fourth-order valence-corrected chi connectivity index (χ4v) is 2.78. The largest absolute Gasteiger partial charge is 0.356 e. The zero-order valence-corrected chi connectivity index (χ0v) is 14.4. The first-order valence-electron chi connectivity index (χ1n) is 7.29. The highest BCUT2D eigenvalue weighted by Gasteiger charge is 2.14. The highest BCUT2D eigenvalue weighted by Crippen LogP contribution is 2.24. The molecule has 4 nitrogen and oxygen atoms in total. The maximum absolute atomic E-state index is 13.7. The minimum atomic E-state index is -0.393. The molecule has 6 heteroatoms. The third-order valence-corrected chi connectivity index (χ3v) is 4.00. The van der Waals surface area contributed by atoms with Crippen molar-refractivity contribution >= 4 is 27.5 Å². The van der Waals surface area contributed by atoms with Crippen molar-refractivity contribution in [1.29, 1.82) is 0 Å². The van der Waals surface area contributed by atoms with Crippen molar-refractivity contribution in [3.05, 3.63) is 70.1 Å². The number of carbonyl (C=O) groups is 1. The molecule has 1 heterocycles. The Morgan fingerprint density at radius 1 is 1.25 bits per heavy atom.